The summed E-state index contributed by atoms with van der Waals surface area (Å²) in [5, 5.41) is 3.60. The number of anilines is 1. The third-order valence-corrected chi connectivity index (χ3v) is 3.28. The fourth-order valence-corrected chi connectivity index (χ4v) is 2.00. The molecular formula is C15H26ClN3O. The zero-order valence-electron chi connectivity index (χ0n) is 12.8. The van der Waals surface area contributed by atoms with Crippen LogP contribution in [0.5, 0.6) is 5.88 Å². The van der Waals surface area contributed by atoms with E-state index in [1.807, 2.05) is 0 Å². The first kappa shape index (κ1) is 17.0. The van der Waals surface area contributed by atoms with Crippen molar-refractivity contribution in [2.45, 2.75) is 65.4 Å². The molecule has 114 valence electrons. The highest BCUT2D eigenvalue weighted by Gasteiger charge is 2.10. The van der Waals surface area contributed by atoms with Gasteiger partial charge >= 0.3 is 0 Å². The van der Waals surface area contributed by atoms with Crippen LogP contribution >= 0.6 is 11.6 Å². The van der Waals surface area contributed by atoms with E-state index in [4.69, 9.17) is 16.3 Å². The van der Waals surface area contributed by atoms with Gasteiger partial charge in [-0.1, -0.05) is 44.7 Å². The van der Waals surface area contributed by atoms with Gasteiger partial charge in [0.25, 0.3) is 0 Å². The van der Waals surface area contributed by atoms with E-state index in [9.17, 15) is 0 Å². The number of unbranched alkanes of at least 4 members (excludes halogenated alkanes) is 3. The zero-order valence-corrected chi connectivity index (χ0v) is 13.5. The van der Waals surface area contributed by atoms with Crippen molar-refractivity contribution in [2.24, 2.45) is 0 Å². The Balaban J connectivity index is 2.48. The molecular weight excluding hydrogens is 274 g/mol. The Hall–Kier alpha value is -1.03. The minimum absolute atomic E-state index is 0.123. The Bertz CT molecular complexity index is 387. The van der Waals surface area contributed by atoms with Crippen LogP contribution in [0.15, 0.2) is 6.20 Å². The van der Waals surface area contributed by atoms with Crippen LogP contribution in [0.3, 0.4) is 0 Å². The van der Waals surface area contributed by atoms with Crippen LogP contribution in [0.2, 0.25) is 5.02 Å². The molecule has 0 fully saturated rings. The maximum absolute atomic E-state index is 6.08. The van der Waals surface area contributed by atoms with E-state index < -0.39 is 0 Å². The Morgan fingerprint density at radius 3 is 2.75 bits per heavy atom. The molecule has 0 aliphatic rings. The molecule has 0 aliphatic heterocycles. The molecule has 0 spiro atoms. The molecule has 0 radical (unpaired) electrons. The topological polar surface area (TPSA) is 47.0 Å². The molecule has 20 heavy (non-hydrogen) atoms. The third-order valence-electron chi connectivity index (χ3n) is 3.02. The minimum Gasteiger partial charge on any atom is -0.473 e. The Morgan fingerprint density at radius 1 is 1.25 bits per heavy atom. The van der Waals surface area contributed by atoms with Crippen LogP contribution in [0, 0.1) is 0 Å². The van der Waals surface area contributed by atoms with Gasteiger partial charge in [0.2, 0.25) is 11.8 Å². The van der Waals surface area contributed by atoms with E-state index in [0.717, 1.165) is 19.4 Å². The van der Waals surface area contributed by atoms with Crippen molar-refractivity contribution < 1.29 is 4.74 Å². The van der Waals surface area contributed by atoms with Gasteiger partial charge in [0.1, 0.15) is 5.02 Å². The van der Waals surface area contributed by atoms with Crippen molar-refractivity contribution in [3.05, 3.63) is 11.2 Å². The van der Waals surface area contributed by atoms with E-state index in [2.05, 4.69) is 36.1 Å². The Morgan fingerprint density at radius 2 is 2.05 bits per heavy atom. The van der Waals surface area contributed by atoms with Crippen LogP contribution < -0.4 is 10.1 Å². The molecule has 1 aromatic heterocycles. The maximum atomic E-state index is 6.08. The van der Waals surface area contributed by atoms with Gasteiger partial charge in [-0.3, -0.25) is 0 Å². The second kappa shape index (κ2) is 9.81. The van der Waals surface area contributed by atoms with Crippen molar-refractivity contribution in [3.63, 3.8) is 0 Å². The number of rotatable bonds is 10. The van der Waals surface area contributed by atoms with Crippen LogP contribution in [0.4, 0.5) is 5.95 Å². The van der Waals surface area contributed by atoms with E-state index in [1.54, 1.807) is 6.20 Å². The van der Waals surface area contributed by atoms with Gasteiger partial charge in [-0.15, -0.1) is 0 Å². The summed E-state index contributed by atoms with van der Waals surface area (Å²) in [4.78, 5) is 8.45. The summed E-state index contributed by atoms with van der Waals surface area (Å²) >= 11 is 6.08. The van der Waals surface area contributed by atoms with Gasteiger partial charge in [0.15, 0.2) is 0 Å². The number of nitrogens with one attached hydrogen (secondary N) is 1. The first-order valence-corrected chi connectivity index (χ1v) is 7.98. The smallest absolute Gasteiger partial charge is 0.237 e. The standard InChI is InChI=1S/C15H26ClN3O/c1-4-6-7-8-9-12(3)20-14-13(16)11-18-15(19-14)17-10-5-2/h11-12H,4-10H2,1-3H3,(H,17,18,19). The minimum atomic E-state index is 0.123. The molecule has 0 aromatic carbocycles. The molecule has 0 aliphatic carbocycles. The largest absolute Gasteiger partial charge is 0.473 e. The fraction of sp³-hybridized carbons (Fsp3) is 0.733. The number of ether oxygens (including phenoxy) is 1. The van der Waals surface area contributed by atoms with Crippen LogP contribution in [0.25, 0.3) is 0 Å². The van der Waals surface area contributed by atoms with Crippen LogP contribution in [-0.4, -0.2) is 22.6 Å². The molecule has 1 aromatic rings. The second-order valence-corrected chi connectivity index (χ2v) is 5.46. The normalized spacial score (nSPS) is 12.2. The first-order valence-electron chi connectivity index (χ1n) is 7.60. The molecule has 4 nitrogen and oxygen atoms in total. The van der Waals surface area contributed by atoms with Crippen molar-refractivity contribution in [1.82, 2.24) is 9.97 Å². The molecule has 1 rings (SSSR count). The summed E-state index contributed by atoms with van der Waals surface area (Å²) in [7, 11) is 0. The number of hydrogen-bond donors (Lipinski definition) is 1. The van der Waals surface area contributed by atoms with Gasteiger partial charge in [-0.25, -0.2) is 4.98 Å². The Kier molecular flexibility index (Phi) is 8.35. The van der Waals surface area contributed by atoms with Crippen molar-refractivity contribution >= 4 is 17.5 Å². The summed E-state index contributed by atoms with van der Waals surface area (Å²) in [5.74, 6) is 1.05. The maximum Gasteiger partial charge on any atom is 0.237 e. The van der Waals surface area contributed by atoms with E-state index in [-0.39, 0.29) is 6.10 Å². The highest BCUT2D eigenvalue weighted by atomic mass is 35.5. The lowest BCUT2D eigenvalue weighted by Gasteiger charge is -2.15. The lowest BCUT2D eigenvalue weighted by Crippen LogP contribution is -2.14. The molecule has 1 N–H and O–H groups in total. The third kappa shape index (κ3) is 6.42. The molecule has 0 amide bonds. The number of nitrogens with zero attached hydrogens (tertiary/aromatic N) is 2. The average Bonchev–Trinajstić information content (AvgIpc) is 2.44. The predicted molar refractivity (Wildman–Crippen MR) is 84.7 cm³/mol. The van der Waals surface area contributed by atoms with Crippen molar-refractivity contribution in [2.75, 3.05) is 11.9 Å². The summed E-state index contributed by atoms with van der Waals surface area (Å²) < 4.78 is 5.82. The predicted octanol–water partition coefficient (Wildman–Crippen LogP) is 4.69. The summed E-state index contributed by atoms with van der Waals surface area (Å²) in [6, 6.07) is 0. The first-order chi connectivity index (χ1) is 9.67. The quantitative estimate of drug-likeness (QED) is 0.637. The summed E-state index contributed by atoms with van der Waals surface area (Å²) in [5.41, 5.74) is 0. The van der Waals surface area contributed by atoms with Crippen LogP contribution in [-0.2, 0) is 0 Å². The molecule has 0 saturated heterocycles. The van der Waals surface area contributed by atoms with E-state index in [0.29, 0.717) is 16.9 Å². The number of aromatic nitrogens is 2. The number of halogens is 1. The highest BCUT2D eigenvalue weighted by Crippen LogP contribution is 2.24. The molecule has 1 unspecified atom stereocenters. The Labute approximate surface area is 127 Å². The zero-order chi connectivity index (χ0) is 14.8. The van der Waals surface area contributed by atoms with Gasteiger partial charge in [0, 0.05) is 6.54 Å². The highest BCUT2D eigenvalue weighted by molar-refractivity contribution is 6.31. The second-order valence-electron chi connectivity index (χ2n) is 5.05. The van der Waals surface area contributed by atoms with E-state index >= 15 is 0 Å². The van der Waals surface area contributed by atoms with Crippen LogP contribution in [0.1, 0.15) is 59.3 Å². The molecule has 0 bridgehead atoms. The molecule has 5 heteroatoms. The SMILES string of the molecule is CCCCCCC(C)Oc1nc(NCCC)ncc1Cl. The van der Waals surface area contributed by atoms with Crippen molar-refractivity contribution in [1.29, 1.82) is 0 Å². The van der Waals surface area contributed by atoms with Gasteiger partial charge in [0.05, 0.1) is 12.3 Å². The average molecular weight is 300 g/mol. The number of hydrogen-bond acceptors (Lipinski definition) is 4. The van der Waals surface area contributed by atoms with Crippen molar-refractivity contribution in [3.8, 4) is 5.88 Å². The lowest BCUT2D eigenvalue weighted by atomic mass is 10.1. The summed E-state index contributed by atoms with van der Waals surface area (Å²) in [6.07, 6.45) is 8.73. The van der Waals surface area contributed by atoms with Gasteiger partial charge in [-0.2, -0.15) is 4.98 Å². The summed E-state index contributed by atoms with van der Waals surface area (Å²) in [6.45, 7) is 7.21. The fourth-order valence-electron chi connectivity index (χ4n) is 1.86. The van der Waals surface area contributed by atoms with Gasteiger partial charge < -0.3 is 10.1 Å². The molecule has 1 heterocycles. The molecule has 1 atom stereocenters. The van der Waals surface area contributed by atoms with E-state index in [1.165, 1.54) is 25.7 Å². The monoisotopic (exact) mass is 299 g/mol. The molecule has 0 saturated carbocycles. The van der Waals surface area contributed by atoms with Gasteiger partial charge in [-0.05, 0) is 26.2 Å². The lowest BCUT2D eigenvalue weighted by molar-refractivity contribution is 0.198.